The van der Waals surface area contributed by atoms with E-state index in [-0.39, 0.29) is 6.54 Å². The van der Waals surface area contributed by atoms with Crippen molar-refractivity contribution >= 4 is 44.9 Å². The van der Waals surface area contributed by atoms with Crippen LogP contribution >= 0.6 is 23.2 Å². The zero-order valence-electron chi connectivity index (χ0n) is 9.92. The summed E-state index contributed by atoms with van der Waals surface area (Å²) >= 11 is 11.8. The number of aromatic nitrogens is 1. The standard InChI is InChI=1S/C9H14Cl2N4O2S/c1-12-8-6(10)5-7(11)9(15-8)13-3-4-14-18(2,16)17/h5,14H,3-4H2,1-2H3,(H2,12,13,15). The molecule has 1 aromatic rings. The van der Waals surface area contributed by atoms with Crippen molar-refractivity contribution in [2.24, 2.45) is 0 Å². The second-order valence-electron chi connectivity index (χ2n) is 3.49. The molecule has 0 spiro atoms. The first kappa shape index (κ1) is 15.3. The van der Waals surface area contributed by atoms with Gasteiger partial charge >= 0.3 is 0 Å². The van der Waals surface area contributed by atoms with Gasteiger partial charge in [-0.2, -0.15) is 0 Å². The van der Waals surface area contributed by atoms with Gasteiger partial charge in [0.1, 0.15) is 11.6 Å². The van der Waals surface area contributed by atoms with Crippen LogP contribution in [-0.2, 0) is 10.0 Å². The van der Waals surface area contributed by atoms with Crippen molar-refractivity contribution in [3.8, 4) is 0 Å². The number of hydrogen-bond donors (Lipinski definition) is 3. The van der Waals surface area contributed by atoms with E-state index in [1.165, 1.54) is 0 Å². The van der Waals surface area contributed by atoms with Crippen LogP contribution in [0.4, 0.5) is 11.6 Å². The molecule has 0 atom stereocenters. The summed E-state index contributed by atoms with van der Waals surface area (Å²) in [7, 11) is -1.49. The molecule has 18 heavy (non-hydrogen) atoms. The Balaban J connectivity index is 2.62. The van der Waals surface area contributed by atoms with E-state index >= 15 is 0 Å². The smallest absolute Gasteiger partial charge is 0.208 e. The van der Waals surface area contributed by atoms with E-state index in [1.807, 2.05) is 0 Å². The third-order valence-electron chi connectivity index (χ3n) is 1.95. The highest BCUT2D eigenvalue weighted by Gasteiger charge is 2.08. The molecule has 0 saturated heterocycles. The Morgan fingerprint density at radius 1 is 1.22 bits per heavy atom. The van der Waals surface area contributed by atoms with Crippen LogP contribution in [0.3, 0.4) is 0 Å². The fraction of sp³-hybridized carbons (Fsp3) is 0.444. The number of nitrogens with zero attached hydrogens (tertiary/aromatic N) is 1. The summed E-state index contributed by atoms with van der Waals surface area (Å²) in [6.45, 7) is 0.610. The van der Waals surface area contributed by atoms with E-state index in [1.54, 1.807) is 13.1 Å². The molecular weight excluding hydrogens is 299 g/mol. The van der Waals surface area contributed by atoms with E-state index in [4.69, 9.17) is 23.2 Å². The van der Waals surface area contributed by atoms with Crippen LogP contribution in [0.1, 0.15) is 0 Å². The van der Waals surface area contributed by atoms with E-state index in [9.17, 15) is 8.42 Å². The van der Waals surface area contributed by atoms with Crippen molar-refractivity contribution in [1.82, 2.24) is 9.71 Å². The van der Waals surface area contributed by atoms with Gasteiger partial charge in [0, 0.05) is 20.1 Å². The molecule has 0 aliphatic rings. The maximum absolute atomic E-state index is 10.8. The summed E-state index contributed by atoms with van der Waals surface area (Å²) in [5.74, 6) is 0.945. The summed E-state index contributed by atoms with van der Waals surface area (Å²) < 4.78 is 24.0. The highest BCUT2D eigenvalue weighted by atomic mass is 35.5. The molecule has 0 aromatic carbocycles. The van der Waals surface area contributed by atoms with Crippen molar-refractivity contribution in [2.75, 3.05) is 37.0 Å². The molecule has 3 N–H and O–H groups in total. The van der Waals surface area contributed by atoms with Crippen LogP contribution in [0, 0.1) is 0 Å². The molecule has 1 rings (SSSR count). The number of sulfonamides is 1. The molecular formula is C9H14Cl2N4O2S. The number of pyridine rings is 1. The first-order chi connectivity index (χ1) is 8.33. The third kappa shape index (κ3) is 4.85. The topological polar surface area (TPSA) is 83.1 Å². The maximum Gasteiger partial charge on any atom is 0.208 e. The van der Waals surface area contributed by atoms with Gasteiger partial charge in [-0.1, -0.05) is 23.2 Å². The maximum atomic E-state index is 10.8. The van der Waals surface area contributed by atoms with Crippen molar-refractivity contribution < 1.29 is 8.42 Å². The summed E-state index contributed by atoms with van der Waals surface area (Å²) in [5.41, 5.74) is 0. The van der Waals surface area contributed by atoms with Crippen molar-refractivity contribution in [2.45, 2.75) is 0 Å². The molecule has 0 bridgehead atoms. The Labute approximate surface area is 116 Å². The predicted molar refractivity (Wildman–Crippen MR) is 75.1 cm³/mol. The number of nitrogens with one attached hydrogen (secondary N) is 3. The fourth-order valence-corrected chi connectivity index (χ4v) is 2.18. The Morgan fingerprint density at radius 2 is 1.83 bits per heavy atom. The van der Waals surface area contributed by atoms with Crippen molar-refractivity contribution in [1.29, 1.82) is 0 Å². The first-order valence-corrected chi connectivity index (χ1v) is 7.70. The molecule has 0 aliphatic heterocycles. The van der Waals surface area contributed by atoms with Gasteiger partial charge < -0.3 is 10.6 Å². The summed E-state index contributed by atoms with van der Waals surface area (Å²) in [6.07, 6.45) is 1.10. The monoisotopic (exact) mass is 312 g/mol. The predicted octanol–water partition coefficient (Wildman–Crippen LogP) is 1.39. The lowest BCUT2D eigenvalue weighted by Gasteiger charge is -2.10. The lowest BCUT2D eigenvalue weighted by molar-refractivity contribution is 0.589. The highest BCUT2D eigenvalue weighted by Crippen LogP contribution is 2.28. The summed E-state index contributed by atoms with van der Waals surface area (Å²) in [6, 6.07) is 1.56. The van der Waals surface area contributed by atoms with E-state index < -0.39 is 10.0 Å². The second kappa shape index (κ2) is 6.42. The quantitative estimate of drug-likeness (QED) is 0.691. The van der Waals surface area contributed by atoms with Gasteiger partial charge in [-0.05, 0) is 6.07 Å². The van der Waals surface area contributed by atoms with Gasteiger partial charge in [0.2, 0.25) is 10.0 Å². The Kier molecular flexibility index (Phi) is 5.46. The van der Waals surface area contributed by atoms with Crippen LogP contribution < -0.4 is 15.4 Å². The average Bonchev–Trinajstić information content (AvgIpc) is 2.25. The molecule has 0 saturated carbocycles. The minimum Gasteiger partial charge on any atom is -0.372 e. The molecule has 0 unspecified atom stereocenters. The van der Waals surface area contributed by atoms with Gasteiger partial charge in [-0.3, -0.25) is 0 Å². The van der Waals surface area contributed by atoms with Gasteiger partial charge in [-0.15, -0.1) is 0 Å². The minimum atomic E-state index is -3.19. The Morgan fingerprint density at radius 3 is 2.39 bits per heavy atom. The number of anilines is 2. The minimum absolute atomic E-state index is 0.244. The molecule has 1 aromatic heterocycles. The SMILES string of the molecule is CNc1nc(NCCNS(C)(=O)=O)c(Cl)cc1Cl. The van der Waals surface area contributed by atoms with Gasteiger partial charge in [0.05, 0.1) is 16.3 Å². The van der Waals surface area contributed by atoms with Gasteiger partial charge in [0.25, 0.3) is 0 Å². The van der Waals surface area contributed by atoms with Gasteiger partial charge in [-0.25, -0.2) is 18.1 Å². The zero-order valence-corrected chi connectivity index (χ0v) is 12.2. The van der Waals surface area contributed by atoms with Crippen LogP contribution in [0.15, 0.2) is 6.07 Å². The van der Waals surface area contributed by atoms with Crippen molar-refractivity contribution in [3.05, 3.63) is 16.1 Å². The van der Waals surface area contributed by atoms with E-state index in [0.717, 1.165) is 6.26 Å². The summed E-state index contributed by atoms with van der Waals surface area (Å²) in [5, 5.41) is 6.54. The molecule has 0 aliphatic carbocycles. The molecule has 0 fully saturated rings. The molecule has 102 valence electrons. The second-order valence-corrected chi connectivity index (χ2v) is 6.14. The zero-order chi connectivity index (χ0) is 13.8. The lowest BCUT2D eigenvalue weighted by Crippen LogP contribution is -2.27. The molecule has 1 heterocycles. The number of rotatable bonds is 6. The van der Waals surface area contributed by atoms with Crippen LogP contribution in [-0.4, -0.2) is 39.8 Å². The normalized spacial score (nSPS) is 11.3. The van der Waals surface area contributed by atoms with Gasteiger partial charge in [0.15, 0.2) is 0 Å². The lowest BCUT2D eigenvalue weighted by atomic mass is 10.4. The number of halogens is 2. The van der Waals surface area contributed by atoms with Crippen molar-refractivity contribution in [3.63, 3.8) is 0 Å². The van der Waals surface area contributed by atoms with Crippen LogP contribution in [0.25, 0.3) is 0 Å². The molecule has 9 heteroatoms. The Hall–Kier alpha value is -0.760. The molecule has 0 radical (unpaired) electrons. The average molecular weight is 313 g/mol. The Bertz CT molecular complexity index is 522. The van der Waals surface area contributed by atoms with Crippen LogP contribution in [0.5, 0.6) is 0 Å². The van der Waals surface area contributed by atoms with E-state index in [2.05, 4.69) is 20.3 Å². The highest BCUT2D eigenvalue weighted by molar-refractivity contribution is 7.88. The largest absolute Gasteiger partial charge is 0.372 e. The van der Waals surface area contributed by atoms with Crippen LogP contribution in [0.2, 0.25) is 10.0 Å². The third-order valence-corrected chi connectivity index (χ3v) is 3.25. The van der Waals surface area contributed by atoms with E-state index in [0.29, 0.717) is 28.2 Å². The fourth-order valence-electron chi connectivity index (χ4n) is 1.18. The number of hydrogen-bond acceptors (Lipinski definition) is 5. The first-order valence-electron chi connectivity index (χ1n) is 5.06. The molecule has 0 amide bonds. The molecule has 6 nitrogen and oxygen atoms in total. The summed E-state index contributed by atoms with van der Waals surface area (Å²) in [4.78, 5) is 4.16.